The first kappa shape index (κ1) is 14.2. The molecule has 1 aliphatic rings. The lowest BCUT2D eigenvalue weighted by atomic mass is 9.89. The zero-order valence-corrected chi connectivity index (χ0v) is 12.1. The molecule has 19 heavy (non-hydrogen) atoms. The molecular formula is C14H20ClN3O. The normalized spacial score (nSPS) is 22.6. The number of hydrogen-bond acceptors (Lipinski definition) is 3. The number of halogens is 1. The van der Waals surface area contributed by atoms with E-state index in [2.05, 4.69) is 10.2 Å². The Bertz CT molecular complexity index is 492. The van der Waals surface area contributed by atoms with Crippen LogP contribution in [0.4, 0.5) is 5.69 Å². The molecule has 0 radical (unpaired) electrons. The van der Waals surface area contributed by atoms with Gasteiger partial charge in [-0.05, 0) is 37.1 Å². The Kier molecular flexibility index (Phi) is 4.02. The number of rotatable bonds is 3. The first-order chi connectivity index (χ1) is 9.00. The van der Waals surface area contributed by atoms with Crippen LogP contribution in [0.3, 0.4) is 0 Å². The van der Waals surface area contributed by atoms with Crippen LogP contribution >= 0.6 is 11.6 Å². The maximum atomic E-state index is 11.9. The lowest BCUT2D eigenvalue weighted by molar-refractivity contribution is -0.128. The summed E-state index contributed by atoms with van der Waals surface area (Å²) in [6, 6.07) is 5.75. The van der Waals surface area contributed by atoms with Gasteiger partial charge in [-0.3, -0.25) is 4.79 Å². The fraction of sp³-hybridized carbons (Fsp3) is 0.500. The minimum atomic E-state index is -0.333. The molecule has 1 heterocycles. The average molecular weight is 282 g/mol. The molecule has 1 fully saturated rings. The summed E-state index contributed by atoms with van der Waals surface area (Å²) in [6.45, 7) is 4.02. The van der Waals surface area contributed by atoms with Crippen LogP contribution < -0.4 is 16.0 Å². The molecule has 1 aliphatic heterocycles. The molecule has 0 bridgehead atoms. The van der Waals surface area contributed by atoms with Crippen molar-refractivity contribution in [2.24, 2.45) is 11.1 Å². The predicted octanol–water partition coefficient (Wildman–Crippen LogP) is 1.76. The van der Waals surface area contributed by atoms with Crippen LogP contribution in [0.5, 0.6) is 0 Å². The third-order valence-corrected chi connectivity index (χ3v) is 4.09. The number of amides is 1. The molecule has 1 saturated heterocycles. The van der Waals surface area contributed by atoms with Crippen molar-refractivity contribution in [3.8, 4) is 0 Å². The van der Waals surface area contributed by atoms with Gasteiger partial charge in [0.25, 0.3) is 0 Å². The maximum absolute atomic E-state index is 11.9. The van der Waals surface area contributed by atoms with Gasteiger partial charge in [-0.2, -0.15) is 0 Å². The van der Waals surface area contributed by atoms with Gasteiger partial charge in [0.2, 0.25) is 5.91 Å². The number of anilines is 1. The van der Waals surface area contributed by atoms with E-state index in [0.29, 0.717) is 18.1 Å². The van der Waals surface area contributed by atoms with Crippen molar-refractivity contribution in [1.82, 2.24) is 5.32 Å². The molecule has 2 rings (SSSR count). The summed E-state index contributed by atoms with van der Waals surface area (Å²) in [7, 11) is 1.68. The fourth-order valence-electron chi connectivity index (χ4n) is 2.68. The highest BCUT2D eigenvalue weighted by molar-refractivity contribution is 6.30. The second kappa shape index (κ2) is 5.39. The van der Waals surface area contributed by atoms with Crippen LogP contribution in [-0.2, 0) is 11.3 Å². The predicted molar refractivity (Wildman–Crippen MR) is 78.3 cm³/mol. The number of benzene rings is 1. The molecule has 1 amide bonds. The summed E-state index contributed by atoms with van der Waals surface area (Å²) < 4.78 is 0. The molecule has 104 valence electrons. The number of carbonyl (C=O) groups is 1. The van der Waals surface area contributed by atoms with Crippen LogP contribution in [0.15, 0.2) is 18.2 Å². The summed E-state index contributed by atoms with van der Waals surface area (Å²) >= 11 is 5.99. The molecule has 0 spiro atoms. The number of carbonyl (C=O) groups excluding carboxylic acids is 1. The third kappa shape index (κ3) is 2.69. The molecule has 3 N–H and O–H groups in total. The van der Waals surface area contributed by atoms with Gasteiger partial charge in [-0.15, -0.1) is 0 Å². The Morgan fingerprint density at radius 1 is 1.58 bits per heavy atom. The largest absolute Gasteiger partial charge is 0.370 e. The van der Waals surface area contributed by atoms with Crippen molar-refractivity contribution in [3.63, 3.8) is 0 Å². The Morgan fingerprint density at radius 2 is 2.32 bits per heavy atom. The zero-order chi connectivity index (χ0) is 14.0. The summed E-state index contributed by atoms with van der Waals surface area (Å²) in [5.41, 5.74) is 7.55. The van der Waals surface area contributed by atoms with E-state index in [9.17, 15) is 4.79 Å². The highest BCUT2D eigenvalue weighted by Gasteiger charge is 2.40. The van der Waals surface area contributed by atoms with Gasteiger partial charge < -0.3 is 16.0 Å². The van der Waals surface area contributed by atoms with Crippen LogP contribution in [0, 0.1) is 5.41 Å². The topological polar surface area (TPSA) is 58.4 Å². The summed E-state index contributed by atoms with van der Waals surface area (Å²) in [4.78, 5) is 14.2. The SMILES string of the molecule is CNC(=O)C1(C)CCN(c2ccc(Cl)cc2CN)C1. The molecule has 0 aromatic heterocycles. The maximum Gasteiger partial charge on any atom is 0.227 e. The van der Waals surface area contributed by atoms with Gasteiger partial charge in [0.15, 0.2) is 0 Å². The number of nitrogens with two attached hydrogens (primary N) is 1. The van der Waals surface area contributed by atoms with Gasteiger partial charge in [-0.1, -0.05) is 11.6 Å². The smallest absolute Gasteiger partial charge is 0.227 e. The highest BCUT2D eigenvalue weighted by atomic mass is 35.5. The van der Waals surface area contributed by atoms with Crippen LogP contribution in [0.1, 0.15) is 18.9 Å². The lowest BCUT2D eigenvalue weighted by Crippen LogP contribution is -2.39. The van der Waals surface area contributed by atoms with Crippen molar-refractivity contribution in [2.45, 2.75) is 19.9 Å². The Hall–Kier alpha value is -1.26. The van der Waals surface area contributed by atoms with Crippen molar-refractivity contribution in [2.75, 3.05) is 25.0 Å². The van der Waals surface area contributed by atoms with Gasteiger partial charge in [-0.25, -0.2) is 0 Å². The first-order valence-electron chi connectivity index (χ1n) is 6.46. The van der Waals surface area contributed by atoms with Crippen molar-refractivity contribution < 1.29 is 4.79 Å². The lowest BCUT2D eigenvalue weighted by Gasteiger charge is -2.25. The van der Waals surface area contributed by atoms with Crippen LogP contribution in [0.25, 0.3) is 0 Å². The van der Waals surface area contributed by atoms with E-state index in [1.165, 1.54) is 0 Å². The number of nitrogens with one attached hydrogen (secondary N) is 1. The molecule has 1 unspecified atom stereocenters. The highest BCUT2D eigenvalue weighted by Crippen LogP contribution is 2.35. The van der Waals surface area contributed by atoms with E-state index < -0.39 is 0 Å². The number of hydrogen-bond donors (Lipinski definition) is 2. The molecule has 1 atom stereocenters. The molecule has 0 aliphatic carbocycles. The van der Waals surface area contributed by atoms with Crippen molar-refractivity contribution in [1.29, 1.82) is 0 Å². The van der Waals surface area contributed by atoms with Gasteiger partial charge in [0, 0.05) is 37.4 Å². The zero-order valence-electron chi connectivity index (χ0n) is 11.4. The van der Waals surface area contributed by atoms with E-state index >= 15 is 0 Å². The molecule has 5 heteroatoms. The molecule has 1 aromatic carbocycles. The Morgan fingerprint density at radius 3 is 2.95 bits per heavy atom. The first-order valence-corrected chi connectivity index (χ1v) is 6.83. The quantitative estimate of drug-likeness (QED) is 0.888. The average Bonchev–Trinajstić information content (AvgIpc) is 2.81. The van der Waals surface area contributed by atoms with Crippen molar-refractivity contribution >= 4 is 23.2 Å². The van der Waals surface area contributed by atoms with Gasteiger partial charge in [0.1, 0.15) is 0 Å². The van der Waals surface area contributed by atoms with E-state index in [1.54, 1.807) is 7.05 Å². The third-order valence-electron chi connectivity index (χ3n) is 3.85. The monoisotopic (exact) mass is 281 g/mol. The second-order valence-electron chi connectivity index (χ2n) is 5.29. The van der Waals surface area contributed by atoms with E-state index in [4.69, 9.17) is 17.3 Å². The van der Waals surface area contributed by atoms with Crippen LogP contribution in [0.2, 0.25) is 5.02 Å². The molecule has 1 aromatic rings. The van der Waals surface area contributed by atoms with E-state index in [-0.39, 0.29) is 11.3 Å². The number of nitrogens with zero attached hydrogens (tertiary/aromatic N) is 1. The van der Waals surface area contributed by atoms with E-state index in [1.807, 2.05) is 25.1 Å². The summed E-state index contributed by atoms with van der Waals surface area (Å²) in [5, 5.41) is 3.44. The van der Waals surface area contributed by atoms with Gasteiger partial charge in [0.05, 0.1) is 5.41 Å². The van der Waals surface area contributed by atoms with Crippen molar-refractivity contribution in [3.05, 3.63) is 28.8 Å². The second-order valence-corrected chi connectivity index (χ2v) is 5.72. The Balaban J connectivity index is 2.24. The minimum Gasteiger partial charge on any atom is -0.370 e. The molecule has 0 saturated carbocycles. The molecular weight excluding hydrogens is 262 g/mol. The Labute approximate surface area is 118 Å². The summed E-state index contributed by atoms with van der Waals surface area (Å²) in [5.74, 6) is 0.0956. The minimum absolute atomic E-state index is 0.0956. The summed E-state index contributed by atoms with van der Waals surface area (Å²) in [6.07, 6.45) is 0.847. The molecule has 4 nitrogen and oxygen atoms in total. The fourth-order valence-corrected chi connectivity index (χ4v) is 2.87. The van der Waals surface area contributed by atoms with Crippen LogP contribution in [-0.4, -0.2) is 26.0 Å². The van der Waals surface area contributed by atoms with E-state index in [0.717, 1.165) is 24.2 Å². The van der Waals surface area contributed by atoms with Gasteiger partial charge >= 0.3 is 0 Å². The standard InChI is InChI=1S/C14H20ClN3O/c1-14(13(19)17-2)5-6-18(9-14)12-4-3-11(15)7-10(12)8-16/h3-4,7H,5-6,8-9,16H2,1-2H3,(H,17,19).